The van der Waals surface area contributed by atoms with Gasteiger partial charge in [-0.3, -0.25) is 14.9 Å². The minimum absolute atomic E-state index is 0.0389. The second-order valence-electron chi connectivity index (χ2n) is 4.83. The Labute approximate surface area is 153 Å². The molecule has 0 unspecified atom stereocenters. The maximum atomic E-state index is 11.7. The predicted molar refractivity (Wildman–Crippen MR) is 94.0 cm³/mol. The number of carbonyl (C=O) groups excluding carboxylic acids is 1. The van der Waals surface area contributed by atoms with E-state index in [0.29, 0.717) is 10.8 Å². The fourth-order valence-corrected chi connectivity index (χ4v) is 2.17. The number of methoxy groups -OCH3 is 1. The third-order valence-electron chi connectivity index (χ3n) is 3.12. The van der Waals surface area contributed by atoms with Gasteiger partial charge < -0.3 is 14.6 Å². The summed E-state index contributed by atoms with van der Waals surface area (Å²) < 4.78 is 10.1. The van der Waals surface area contributed by atoms with Crippen LogP contribution in [0.5, 0.6) is 17.2 Å². The van der Waals surface area contributed by atoms with Crippen molar-refractivity contribution < 1.29 is 24.3 Å². The van der Waals surface area contributed by atoms with Crippen LogP contribution in [0.3, 0.4) is 0 Å². The number of amides is 1. The Morgan fingerprint density at radius 3 is 2.77 bits per heavy atom. The smallest absolute Gasteiger partial charge is 0.323 e. The molecule has 2 aromatic rings. The number of phenolic OH excluding ortho intramolecular Hbond substituents is 1. The molecule has 0 bridgehead atoms. The highest BCUT2D eigenvalue weighted by Gasteiger charge is 2.23. The van der Waals surface area contributed by atoms with Crippen molar-refractivity contribution in [3.05, 3.63) is 57.1 Å². The van der Waals surface area contributed by atoms with E-state index in [0.717, 1.165) is 6.21 Å². The van der Waals surface area contributed by atoms with Gasteiger partial charge in [-0.25, -0.2) is 5.43 Å². The number of carbonyl (C=O) groups is 1. The number of hydrogen-bond acceptors (Lipinski definition) is 7. The van der Waals surface area contributed by atoms with Crippen LogP contribution in [0.1, 0.15) is 5.56 Å². The zero-order chi connectivity index (χ0) is 19.1. The molecular formula is C16H14ClN3O6. The van der Waals surface area contributed by atoms with Crippen molar-refractivity contribution in [1.29, 1.82) is 0 Å². The van der Waals surface area contributed by atoms with Crippen LogP contribution in [0.15, 0.2) is 41.5 Å². The zero-order valence-corrected chi connectivity index (χ0v) is 14.3. The number of phenols is 1. The van der Waals surface area contributed by atoms with Gasteiger partial charge in [0.15, 0.2) is 12.4 Å². The summed E-state index contributed by atoms with van der Waals surface area (Å²) in [4.78, 5) is 22.2. The number of para-hydroxylation sites is 1. The number of hydrazone groups is 1. The van der Waals surface area contributed by atoms with Crippen molar-refractivity contribution in [2.24, 2.45) is 5.10 Å². The molecule has 1 amide bonds. The maximum absolute atomic E-state index is 11.7. The Bertz CT molecular complexity index is 856. The monoisotopic (exact) mass is 379 g/mol. The number of nitro benzene ring substituents is 1. The molecule has 0 saturated heterocycles. The summed E-state index contributed by atoms with van der Waals surface area (Å²) in [6, 6.07) is 9.13. The SMILES string of the molecule is COc1c(O)ccc(C=NNC(=O)COc2ccccc2Cl)c1[N+](=O)[O-]. The van der Waals surface area contributed by atoms with Gasteiger partial charge in [-0.2, -0.15) is 5.10 Å². The van der Waals surface area contributed by atoms with E-state index in [9.17, 15) is 20.0 Å². The topological polar surface area (TPSA) is 123 Å². The fourth-order valence-electron chi connectivity index (χ4n) is 1.98. The minimum atomic E-state index is -0.720. The molecule has 0 atom stereocenters. The molecule has 2 aromatic carbocycles. The molecule has 0 aliphatic carbocycles. The van der Waals surface area contributed by atoms with Crippen LogP contribution in [0.2, 0.25) is 5.02 Å². The Morgan fingerprint density at radius 1 is 1.38 bits per heavy atom. The molecule has 0 fully saturated rings. The Kier molecular flexibility index (Phi) is 6.34. The summed E-state index contributed by atoms with van der Waals surface area (Å²) in [5, 5.41) is 24.8. The normalized spacial score (nSPS) is 10.5. The molecule has 0 heterocycles. The second kappa shape index (κ2) is 8.67. The quantitative estimate of drug-likeness (QED) is 0.432. The van der Waals surface area contributed by atoms with Crippen LogP contribution in [0.25, 0.3) is 0 Å². The lowest BCUT2D eigenvalue weighted by atomic mass is 10.1. The van der Waals surface area contributed by atoms with E-state index in [1.807, 2.05) is 0 Å². The van der Waals surface area contributed by atoms with Crippen LogP contribution >= 0.6 is 11.6 Å². The summed E-state index contributed by atoms with van der Waals surface area (Å²) in [5.41, 5.74) is 1.74. The summed E-state index contributed by atoms with van der Waals surface area (Å²) in [7, 11) is 1.19. The van der Waals surface area contributed by atoms with Crippen LogP contribution in [0, 0.1) is 10.1 Å². The molecule has 10 heteroatoms. The summed E-state index contributed by atoms with van der Waals surface area (Å²) in [5.74, 6) is -0.928. The molecule has 136 valence electrons. The number of rotatable bonds is 7. The second-order valence-corrected chi connectivity index (χ2v) is 5.23. The lowest BCUT2D eigenvalue weighted by molar-refractivity contribution is -0.386. The molecule has 0 aliphatic heterocycles. The predicted octanol–water partition coefficient (Wildman–Crippen LogP) is 2.49. The zero-order valence-electron chi connectivity index (χ0n) is 13.5. The largest absolute Gasteiger partial charge is 0.504 e. The van der Waals surface area contributed by atoms with Gasteiger partial charge in [0.25, 0.3) is 5.91 Å². The van der Waals surface area contributed by atoms with Crippen molar-refractivity contribution in [1.82, 2.24) is 5.43 Å². The van der Waals surface area contributed by atoms with Gasteiger partial charge in [0.05, 0.1) is 28.8 Å². The number of benzene rings is 2. The van der Waals surface area contributed by atoms with Crippen molar-refractivity contribution in [3.8, 4) is 17.2 Å². The Hall–Kier alpha value is -3.33. The molecular weight excluding hydrogens is 366 g/mol. The van der Waals surface area contributed by atoms with Crippen molar-refractivity contribution in [2.75, 3.05) is 13.7 Å². The Balaban J connectivity index is 2.03. The first-order chi connectivity index (χ1) is 12.4. The summed E-state index contributed by atoms with van der Waals surface area (Å²) >= 11 is 5.90. The lowest BCUT2D eigenvalue weighted by Crippen LogP contribution is -2.24. The molecule has 0 saturated carbocycles. The highest BCUT2D eigenvalue weighted by atomic mass is 35.5. The van der Waals surface area contributed by atoms with Gasteiger partial charge in [0, 0.05) is 0 Å². The van der Waals surface area contributed by atoms with E-state index < -0.39 is 16.5 Å². The number of nitrogens with zero attached hydrogens (tertiary/aromatic N) is 2. The van der Waals surface area contributed by atoms with Crippen LogP contribution < -0.4 is 14.9 Å². The third kappa shape index (κ3) is 4.61. The van der Waals surface area contributed by atoms with E-state index >= 15 is 0 Å². The highest BCUT2D eigenvalue weighted by molar-refractivity contribution is 6.32. The average Bonchev–Trinajstić information content (AvgIpc) is 2.61. The van der Waals surface area contributed by atoms with E-state index in [1.165, 1.54) is 19.2 Å². The van der Waals surface area contributed by atoms with E-state index in [1.54, 1.807) is 24.3 Å². The van der Waals surface area contributed by atoms with Crippen molar-refractivity contribution in [3.63, 3.8) is 0 Å². The molecule has 2 N–H and O–H groups in total. The van der Waals surface area contributed by atoms with Crippen molar-refractivity contribution >= 4 is 29.4 Å². The lowest BCUT2D eigenvalue weighted by Gasteiger charge is -2.07. The number of halogens is 1. The first-order valence-corrected chi connectivity index (χ1v) is 7.55. The molecule has 9 nitrogen and oxygen atoms in total. The average molecular weight is 380 g/mol. The minimum Gasteiger partial charge on any atom is -0.504 e. The molecule has 0 radical (unpaired) electrons. The van der Waals surface area contributed by atoms with E-state index in [2.05, 4.69) is 10.5 Å². The van der Waals surface area contributed by atoms with Gasteiger partial charge in [-0.05, 0) is 24.3 Å². The third-order valence-corrected chi connectivity index (χ3v) is 3.43. The van der Waals surface area contributed by atoms with Crippen LogP contribution in [-0.2, 0) is 4.79 Å². The van der Waals surface area contributed by atoms with E-state index in [-0.39, 0.29) is 23.7 Å². The number of ether oxygens (including phenoxy) is 2. The van der Waals surface area contributed by atoms with Gasteiger partial charge in [0.1, 0.15) is 5.75 Å². The molecule has 26 heavy (non-hydrogen) atoms. The highest BCUT2D eigenvalue weighted by Crippen LogP contribution is 2.37. The maximum Gasteiger partial charge on any atom is 0.323 e. The summed E-state index contributed by atoms with van der Waals surface area (Å²) in [6.07, 6.45) is 1.06. The first-order valence-electron chi connectivity index (χ1n) is 7.17. The molecule has 0 spiro atoms. The van der Waals surface area contributed by atoms with Gasteiger partial charge in [-0.1, -0.05) is 23.7 Å². The number of nitrogens with one attached hydrogen (secondary N) is 1. The van der Waals surface area contributed by atoms with Gasteiger partial charge in [0.2, 0.25) is 5.75 Å². The number of aromatic hydroxyl groups is 1. The molecule has 0 aromatic heterocycles. The van der Waals surface area contributed by atoms with Crippen molar-refractivity contribution in [2.45, 2.75) is 0 Å². The van der Waals surface area contributed by atoms with E-state index in [4.69, 9.17) is 21.1 Å². The summed E-state index contributed by atoms with van der Waals surface area (Å²) in [6.45, 7) is -0.345. The molecule has 0 aliphatic rings. The fraction of sp³-hybridized carbons (Fsp3) is 0.125. The van der Waals surface area contributed by atoms with Gasteiger partial charge >= 0.3 is 5.69 Å². The molecule has 2 rings (SSSR count). The Morgan fingerprint density at radius 2 is 2.12 bits per heavy atom. The number of hydrogen-bond donors (Lipinski definition) is 2. The first kappa shape index (κ1) is 19.0. The van der Waals surface area contributed by atoms with Crippen LogP contribution in [-0.4, -0.2) is 35.9 Å². The standard InChI is InChI=1S/C16H14ClN3O6/c1-25-16-12(21)7-6-10(15(16)20(23)24)8-18-19-14(22)9-26-13-5-3-2-4-11(13)17/h2-8,21H,9H2,1H3,(H,19,22). The van der Waals surface area contributed by atoms with Gasteiger partial charge in [-0.15, -0.1) is 0 Å². The number of nitro groups is 1. The van der Waals surface area contributed by atoms with Crippen LogP contribution in [0.4, 0.5) is 5.69 Å².